The highest BCUT2D eigenvalue weighted by atomic mass is 16.5. The second kappa shape index (κ2) is 10.3. The summed E-state index contributed by atoms with van der Waals surface area (Å²) in [6.07, 6.45) is 2.93. The third-order valence-corrected chi connectivity index (χ3v) is 7.44. The van der Waals surface area contributed by atoms with Crippen molar-refractivity contribution in [2.24, 2.45) is 0 Å². The van der Waals surface area contributed by atoms with Crippen molar-refractivity contribution in [3.63, 3.8) is 0 Å². The Hall–Kier alpha value is -4.17. The van der Waals surface area contributed by atoms with Crippen molar-refractivity contribution in [1.82, 2.24) is 9.97 Å². The summed E-state index contributed by atoms with van der Waals surface area (Å²) < 4.78 is 6.07. The van der Waals surface area contributed by atoms with Gasteiger partial charge in [-0.2, -0.15) is 5.26 Å². The Balaban J connectivity index is 1.66. The van der Waals surface area contributed by atoms with Gasteiger partial charge in [0, 0.05) is 18.8 Å². The van der Waals surface area contributed by atoms with Crippen LogP contribution in [0, 0.1) is 11.3 Å². The summed E-state index contributed by atoms with van der Waals surface area (Å²) >= 11 is 0. The maximum atomic E-state index is 13.7. The summed E-state index contributed by atoms with van der Waals surface area (Å²) in [6.45, 7) is 8.36. The molecular weight excluding hydrogens is 470 g/mol. The van der Waals surface area contributed by atoms with Crippen molar-refractivity contribution in [2.45, 2.75) is 64.9 Å². The molecule has 0 saturated heterocycles. The monoisotopic (exact) mass is 503 g/mol. The predicted octanol–water partition coefficient (Wildman–Crippen LogP) is 7.18. The van der Waals surface area contributed by atoms with Gasteiger partial charge in [0.05, 0.1) is 16.8 Å². The van der Waals surface area contributed by atoms with E-state index in [4.69, 9.17) is 9.72 Å². The van der Waals surface area contributed by atoms with Crippen molar-refractivity contribution in [3.8, 4) is 34.1 Å². The summed E-state index contributed by atoms with van der Waals surface area (Å²) in [5.74, 6) is 1.73. The van der Waals surface area contributed by atoms with Crippen LogP contribution in [0.4, 0.5) is 0 Å². The summed E-state index contributed by atoms with van der Waals surface area (Å²) in [7, 11) is 0. The molecule has 1 aliphatic rings. The van der Waals surface area contributed by atoms with Crippen LogP contribution in [0.1, 0.15) is 74.7 Å². The van der Waals surface area contributed by atoms with Crippen molar-refractivity contribution < 1.29 is 4.74 Å². The van der Waals surface area contributed by atoms with Gasteiger partial charge in [-0.1, -0.05) is 68.4 Å². The standard InChI is InChI=1S/C33H33N3O2/c1-5-21(6-2)31-35-28(18-23-13-10-14-26(27(23)20-34)22-11-8-7-9-12-22)30(32(37)36-31)24-15-16-29-25(17-24)19-33(3,4)38-29/h7-17,21H,5-6,18-19H2,1-4H3,(H,35,36,37). The van der Waals surface area contributed by atoms with Gasteiger partial charge in [-0.05, 0) is 66.6 Å². The van der Waals surface area contributed by atoms with E-state index in [0.717, 1.165) is 52.8 Å². The van der Waals surface area contributed by atoms with Crippen LogP contribution in [0.2, 0.25) is 0 Å². The second-order valence-corrected chi connectivity index (χ2v) is 10.6. The average molecular weight is 504 g/mol. The summed E-state index contributed by atoms with van der Waals surface area (Å²) in [4.78, 5) is 21.8. The SMILES string of the molecule is CCC(CC)c1nc(Cc2cccc(-c3ccccc3)c2C#N)c(-c2ccc3c(c2)CC(C)(C)O3)c(=O)[nH]1. The second-order valence-electron chi connectivity index (χ2n) is 10.6. The molecule has 0 fully saturated rings. The molecule has 5 rings (SSSR count). The van der Waals surface area contributed by atoms with Crippen molar-refractivity contribution in [2.75, 3.05) is 0 Å². The number of benzene rings is 3. The van der Waals surface area contributed by atoms with E-state index in [1.54, 1.807) is 0 Å². The predicted molar refractivity (Wildman–Crippen MR) is 151 cm³/mol. The molecule has 1 aliphatic heterocycles. The lowest BCUT2D eigenvalue weighted by atomic mass is 9.91. The van der Waals surface area contributed by atoms with E-state index in [0.29, 0.717) is 29.1 Å². The molecule has 0 saturated carbocycles. The summed E-state index contributed by atoms with van der Waals surface area (Å²) in [5.41, 5.74) is 6.08. The average Bonchev–Trinajstić information content (AvgIpc) is 3.22. The van der Waals surface area contributed by atoms with Crippen molar-refractivity contribution in [3.05, 3.63) is 105 Å². The third kappa shape index (κ3) is 4.87. The van der Waals surface area contributed by atoms with Crippen LogP contribution in [-0.4, -0.2) is 15.6 Å². The van der Waals surface area contributed by atoms with Crippen LogP contribution in [-0.2, 0) is 12.8 Å². The Bertz CT molecular complexity index is 1570. The minimum absolute atomic E-state index is 0.146. The molecule has 0 spiro atoms. The fourth-order valence-electron chi connectivity index (χ4n) is 5.52. The number of fused-ring (bicyclic) bond motifs is 1. The molecule has 0 atom stereocenters. The molecule has 2 heterocycles. The summed E-state index contributed by atoms with van der Waals surface area (Å²) in [5, 5.41) is 10.2. The van der Waals surface area contributed by atoms with E-state index in [2.05, 4.69) is 44.8 Å². The number of aromatic nitrogens is 2. The van der Waals surface area contributed by atoms with Crippen LogP contribution in [0.15, 0.2) is 71.5 Å². The van der Waals surface area contributed by atoms with E-state index in [9.17, 15) is 10.1 Å². The van der Waals surface area contributed by atoms with E-state index in [-0.39, 0.29) is 17.1 Å². The van der Waals surface area contributed by atoms with Gasteiger partial charge in [-0.3, -0.25) is 4.79 Å². The summed E-state index contributed by atoms with van der Waals surface area (Å²) in [6, 6.07) is 24.2. The van der Waals surface area contributed by atoms with Gasteiger partial charge in [-0.25, -0.2) is 4.98 Å². The molecule has 1 aromatic heterocycles. The Morgan fingerprint density at radius 1 is 1.03 bits per heavy atom. The van der Waals surface area contributed by atoms with Gasteiger partial charge < -0.3 is 9.72 Å². The Morgan fingerprint density at radius 3 is 2.50 bits per heavy atom. The van der Waals surface area contributed by atoms with Gasteiger partial charge in [0.15, 0.2) is 0 Å². The van der Waals surface area contributed by atoms with Crippen LogP contribution >= 0.6 is 0 Å². The van der Waals surface area contributed by atoms with Crippen LogP contribution in [0.5, 0.6) is 5.75 Å². The lowest BCUT2D eigenvalue weighted by molar-refractivity contribution is 0.138. The molecule has 5 nitrogen and oxygen atoms in total. The first-order chi connectivity index (χ1) is 18.3. The van der Waals surface area contributed by atoms with Gasteiger partial charge >= 0.3 is 0 Å². The minimum atomic E-state index is -0.270. The largest absolute Gasteiger partial charge is 0.487 e. The molecule has 0 aliphatic carbocycles. The smallest absolute Gasteiger partial charge is 0.259 e. The maximum absolute atomic E-state index is 13.7. The molecule has 3 aromatic carbocycles. The molecule has 4 aromatic rings. The molecule has 0 amide bonds. The first-order valence-corrected chi connectivity index (χ1v) is 13.4. The normalized spacial score (nSPS) is 13.7. The molecular formula is C33H33N3O2. The highest BCUT2D eigenvalue weighted by Gasteiger charge is 2.30. The Labute approximate surface area is 224 Å². The molecule has 0 unspecified atom stereocenters. The van der Waals surface area contributed by atoms with E-state index >= 15 is 0 Å². The van der Waals surface area contributed by atoms with Crippen molar-refractivity contribution >= 4 is 0 Å². The highest BCUT2D eigenvalue weighted by molar-refractivity contribution is 5.73. The number of nitriles is 1. The number of rotatable bonds is 7. The van der Waals surface area contributed by atoms with E-state index in [1.807, 2.05) is 60.7 Å². The highest BCUT2D eigenvalue weighted by Crippen LogP contribution is 2.38. The van der Waals surface area contributed by atoms with Crippen molar-refractivity contribution in [1.29, 1.82) is 5.26 Å². The first-order valence-electron chi connectivity index (χ1n) is 13.4. The Morgan fingerprint density at radius 2 is 1.79 bits per heavy atom. The number of nitrogens with zero attached hydrogens (tertiary/aromatic N) is 2. The molecule has 1 N–H and O–H groups in total. The third-order valence-electron chi connectivity index (χ3n) is 7.44. The lowest BCUT2D eigenvalue weighted by Gasteiger charge is -2.17. The molecule has 5 heteroatoms. The first kappa shape index (κ1) is 25.5. The number of hydrogen-bond acceptors (Lipinski definition) is 4. The zero-order valence-electron chi connectivity index (χ0n) is 22.5. The lowest BCUT2D eigenvalue weighted by Crippen LogP contribution is -2.24. The number of hydrogen-bond donors (Lipinski definition) is 1. The maximum Gasteiger partial charge on any atom is 0.259 e. The van der Waals surface area contributed by atoms with Crippen LogP contribution < -0.4 is 10.3 Å². The molecule has 0 radical (unpaired) electrons. The van der Waals surface area contributed by atoms with Gasteiger partial charge in [-0.15, -0.1) is 0 Å². The van der Waals surface area contributed by atoms with Crippen LogP contribution in [0.3, 0.4) is 0 Å². The van der Waals surface area contributed by atoms with Gasteiger partial charge in [0.1, 0.15) is 23.2 Å². The number of H-pyrrole nitrogens is 1. The number of nitrogens with one attached hydrogen (secondary N) is 1. The van der Waals surface area contributed by atoms with Gasteiger partial charge in [0.2, 0.25) is 0 Å². The van der Waals surface area contributed by atoms with Gasteiger partial charge in [0.25, 0.3) is 5.56 Å². The Kier molecular flexibility index (Phi) is 6.91. The van der Waals surface area contributed by atoms with Crippen LogP contribution in [0.25, 0.3) is 22.3 Å². The zero-order chi connectivity index (χ0) is 26.9. The molecule has 192 valence electrons. The fourth-order valence-corrected chi connectivity index (χ4v) is 5.52. The topological polar surface area (TPSA) is 78.8 Å². The molecule has 0 bridgehead atoms. The zero-order valence-corrected chi connectivity index (χ0v) is 22.5. The quantitative estimate of drug-likeness (QED) is 0.290. The number of aromatic amines is 1. The van der Waals surface area contributed by atoms with E-state index in [1.165, 1.54) is 0 Å². The fraction of sp³-hybridized carbons (Fsp3) is 0.303. The number of ether oxygens (including phenoxy) is 1. The minimum Gasteiger partial charge on any atom is -0.487 e. The van der Waals surface area contributed by atoms with E-state index < -0.39 is 0 Å². The molecule has 38 heavy (non-hydrogen) atoms.